The van der Waals surface area contributed by atoms with Crippen LogP contribution in [0.3, 0.4) is 0 Å². The van der Waals surface area contributed by atoms with E-state index in [1.165, 1.54) is 25.7 Å². The highest BCUT2D eigenvalue weighted by molar-refractivity contribution is 5.91. The molecule has 15 nitrogen and oxygen atoms in total. The predicted octanol–water partition coefficient (Wildman–Crippen LogP) is 6.77. The summed E-state index contributed by atoms with van der Waals surface area (Å²) in [5, 5.41) is 30.0. The molecule has 2 aliphatic carbocycles. The van der Waals surface area contributed by atoms with Gasteiger partial charge in [-0.2, -0.15) is 20.7 Å². The zero-order valence-electron chi connectivity index (χ0n) is 29.6. The van der Waals surface area contributed by atoms with Crippen molar-refractivity contribution in [2.45, 2.75) is 89.8 Å². The van der Waals surface area contributed by atoms with Gasteiger partial charge in [0.05, 0.1) is 60.8 Å². The third-order valence-electron chi connectivity index (χ3n) is 10.8. The number of nitrogens with zero attached hydrogens (tertiary/aromatic N) is 12. The Morgan fingerprint density at radius 1 is 0.642 bits per heavy atom. The topological polar surface area (TPSA) is 172 Å². The standard InChI is InChI=1S/C38H42N12O3/c39-13-9-33(27-5-1-2-6-27)49-19-29(17-45-49)35-31-11-15-47(37(31)43-21-41-35)23-51-25-53-26-52-24-48-16-12-32-36(42-22-44-38(32)48)30-18-46-50(20-30)34(10-14-40)28-7-3-4-8-28/h11-12,15-22,27-28,33-34H,1-10,23-26H2/t33-,34-/m1/s1. The molecule has 0 amide bonds. The molecule has 272 valence electrons. The fourth-order valence-electron chi connectivity index (χ4n) is 8.21. The lowest BCUT2D eigenvalue weighted by Crippen LogP contribution is -2.17. The van der Waals surface area contributed by atoms with Crippen molar-refractivity contribution in [2.75, 3.05) is 13.6 Å². The van der Waals surface area contributed by atoms with Crippen molar-refractivity contribution < 1.29 is 14.2 Å². The van der Waals surface area contributed by atoms with Crippen molar-refractivity contribution in [3.8, 4) is 34.7 Å². The van der Waals surface area contributed by atoms with Crippen molar-refractivity contribution >= 4 is 22.1 Å². The third-order valence-corrected chi connectivity index (χ3v) is 10.8. The fraction of sp³-hybridized carbons (Fsp3) is 0.474. The fourth-order valence-corrected chi connectivity index (χ4v) is 8.21. The summed E-state index contributed by atoms with van der Waals surface area (Å²) in [5.74, 6) is 0.962. The summed E-state index contributed by atoms with van der Waals surface area (Å²) in [6, 6.07) is 8.83. The molecule has 0 radical (unpaired) electrons. The first kappa shape index (κ1) is 34.6. The number of aromatic nitrogens is 10. The van der Waals surface area contributed by atoms with E-state index in [0.717, 1.165) is 70.3 Å². The summed E-state index contributed by atoms with van der Waals surface area (Å²) in [5.41, 5.74) is 4.86. The molecule has 0 unspecified atom stereocenters. The molecular weight excluding hydrogens is 672 g/mol. The molecule has 0 N–H and O–H groups in total. The number of hydrogen-bond acceptors (Lipinski definition) is 11. The Hall–Kier alpha value is -5.48. The largest absolute Gasteiger partial charge is 0.335 e. The average molecular weight is 715 g/mol. The molecule has 53 heavy (non-hydrogen) atoms. The van der Waals surface area contributed by atoms with Gasteiger partial charge in [0.25, 0.3) is 0 Å². The maximum atomic E-state index is 9.46. The van der Waals surface area contributed by atoms with Gasteiger partial charge in [-0.25, -0.2) is 19.9 Å². The molecule has 2 saturated carbocycles. The Kier molecular flexibility index (Phi) is 10.5. The Bertz CT molecular complexity index is 2070. The van der Waals surface area contributed by atoms with E-state index in [0.29, 0.717) is 24.7 Å². The Morgan fingerprint density at radius 3 is 1.53 bits per heavy atom. The number of fused-ring (bicyclic) bond motifs is 2. The van der Waals surface area contributed by atoms with Gasteiger partial charge in [-0.05, 0) is 49.7 Å². The van der Waals surface area contributed by atoms with Crippen LogP contribution in [0, 0.1) is 34.5 Å². The van der Waals surface area contributed by atoms with Crippen molar-refractivity contribution in [3.63, 3.8) is 0 Å². The minimum Gasteiger partial charge on any atom is -0.335 e. The number of nitriles is 2. The van der Waals surface area contributed by atoms with Crippen LogP contribution in [0.4, 0.5) is 0 Å². The molecule has 8 rings (SSSR count). The molecule has 2 aliphatic rings. The number of ether oxygens (including phenoxy) is 3. The van der Waals surface area contributed by atoms with E-state index in [1.807, 2.05) is 67.8 Å². The second-order valence-electron chi connectivity index (χ2n) is 14.0. The summed E-state index contributed by atoms with van der Waals surface area (Å²) < 4.78 is 24.9. The molecule has 15 heteroatoms. The quantitative estimate of drug-likeness (QED) is 0.0765. The van der Waals surface area contributed by atoms with Gasteiger partial charge >= 0.3 is 0 Å². The van der Waals surface area contributed by atoms with Crippen LogP contribution in [0.25, 0.3) is 44.6 Å². The summed E-state index contributed by atoms with van der Waals surface area (Å²) in [6.07, 6.45) is 24.9. The normalized spacial score (nSPS) is 16.4. The molecule has 0 aromatic carbocycles. The molecule has 2 atom stereocenters. The lowest BCUT2D eigenvalue weighted by atomic mass is 9.96. The van der Waals surface area contributed by atoms with E-state index in [-0.39, 0.29) is 39.1 Å². The van der Waals surface area contributed by atoms with Crippen LogP contribution in [0.2, 0.25) is 0 Å². The van der Waals surface area contributed by atoms with E-state index in [2.05, 4.69) is 42.3 Å². The molecular formula is C38H42N12O3. The summed E-state index contributed by atoms with van der Waals surface area (Å²) in [7, 11) is 0. The van der Waals surface area contributed by atoms with Gasteiger partial charge in [-0.15, -0.1) is 0 Å². The van der Waals surface area contributed by atoms with E-state index in [4.69, 9.17) is 14.2 Å². The maximum absolute atomic E-state index is 9.46. The van der Waals surface area contributed by atoms with E-state index in [9.17, 15) is 10.5 Å². The predicted molar refractivity (Wildman–Crippen MR) is 193 cm³/mol. The van der Waals surface area contributed by atoms with Crippen molar-refractivity contribution in [1.29, 1.82) is 10.5 Å². The van der Waals surface area contributed by atoms with Gasteiger partial charge in [0.15, 0.2) is 13.6 Å². The molecule has 0 spiro atoms. The summed E-state index contributed by atoms with van der Waals surface area (Å²) in [4.78, 5) is 18.2. The molecule has 0 aliphatic heterocycles. The minimum absolute atomic E-state index is 0.0300. The Morgan fingerprint density at radius 2 is 1.09 bits per heavy atom. The highest BCUT2D eigenvalue weighted by Gasteiger charge is 2.28. The first-order valence-corrected chi connectivity index (χ1v) is 18.4. The molecule has 0 saturated heterocycles. The smallest absolute Gasteiger partial charge is 0.151 e. The van der Waals surface area contributed by atoms with Gasteiger partial charge in [0.2, 0.25) is 0 Å². The summed E-state index contributed by atoms with van der Waals surface area (Å²) in [6.45, 7) is 0.535. The molecule has 6 heterocycles. The van der Waals surface area contributed by atoms with Crippen molar-refractivity contribution in [3.05, 3.63) is 62.0 Å². The van der Waals surface area contributed by atoms with Crippen LogP contribution in [0.5, 0.6) is 0 Å². The minimum atomic E-state index is 0.0300. The maximum Gasteiger partial charge on any atom is 0.151 e. The van der Waals surface area contributed by atoms with E-state index < -0.39 is 0 Å². The van der Waals surface area contributed by atoms with Crippen LogP contribution in [-0.2, 0) is 27.7 Å². The molecule has 0 bridgehead atoms. The molecule has 2 fully saturated rings. The van der Waals surface area contributed by atoms with Crippen LogP contribution in [0.1, 0.15) is 76.3 Å². The van der Waals surface area contributed by atoms with Crippen LogP contribution < -0.4 is 0 Å². The van der Waals surface area contributed by atoms with Gasteiger partial charge in [-0.3, -0.25) is 9.36 Å². The van der Waals surface area contributed by atoms with Gasteiger partial charge < -0.3 is 23.3 Å². The van der Waals surface area contributed by atoms with Crippen LogP contribution in [0.15, 0.2) is 62.0 Å². The van der Waals surface area contributed by atoms with Crippen LogP contribution in [-0.4, -0.2) is 62.2 Å². The lowest BCUT2D eigenvalue weighted by Gasteiger charge is -2.21. The zero-order chi connectivity index (χ0) is 36.0. The molecule has 6 aromatic rings. The Balaban J connectivity index is 0.836. The van der Waals surface area contributed by atoms with Crippen molar-refractivity contribution in [2.24, 2.45) is 11.8 Å². The highest BCUT2D eigenvalue weighted by atomic mass is 16.7. The zero-order valence-corrected chi connectivity index (χ0v) is 29.6. The van der Waals surface area contributed by atoms with Gasteiger partial charge in [0.1, 0.15) is 37.4 Å². The highest BCUT2D eigenvalue weighted by Crippen LogP contribution is 2.38. The second kappa shape index (κ2) is 16.0. The first-order valence-electron chi connectivity index (χ1n) is 18.4. The lowest BCUT2D eigenvalue weighted by molar-refractivity contribution is -0.154. The van der Waals surface area contributed by atoms with Gasteiger partial charge in [-0.1, -0.05) is 25.7 Å². The van der Waals surface area contributed by atoms with Crippen LogP contribution >= 0.6 is 0 Å². The summed E-state index contributed by atoms with van der Waals surface area (Å²) >= 11 is 0. The van der Waals surface area contributed by atoms with Gasteiger partial charge in [0, 0.05) is 46.7 Å². The second-order valence-corrected chi connectivity index (χ2v) is 14.0. The van der Waals surface area contributed by atoms with E-state index >= 15 is 0 Å². The Labute approximate surface area is 306 Å². The van der Waals surface area contributed by atoms with Crippen molar-refractivity contribution in [1.82, 2.24) is 48.6 Å². The monoisotopic (exact) mass is 714 g/mol. The number of rotatable bonds is 16. The average Bonchev–Trinajstić information content (AvgIpc) is 4.04. The number of hydrogen-bond donors (Lipinski definition) is 0. The third kappa shape index (κ3) is 7.28. The SMILES string of the molecule is N#CC[C@H](C1CCCC1)n1cc(-c2ncnc3c2ccn3COCOCOCn2ccc3c(-c4cnn([C@H](CC#N)C5CCCC5)c4)ncnc32)cn1. The van der Waals surface area contributed by atoms with E-state index in [1.54, 1.807) is 12.7 Å². The molecule has 6 aromatic heterocycles. The first-order chi connectivity index (χ1) is 26.2.